The molecule has 3 N–H and O–H groups in total. The van der Waals surface area contributed by atoms with Gasteiger partial charge in [0, 0.05) is 56.8 Å². The minimum absolute atomic E-state index is 0.0414. The molecule has 2 saturated heterocycles. The second-order valence-corrected chi connectivity index (χ2v) is 7.94. The number of urea groups is 1. The lowest BCUT2D eigenvalue weighted by molar-refractivity contribution is -0.124. The summed E-state index contributed by atoms with van der Waals surface area (Å²) in [4.78, 5) is 29.1. The molecule has 2 heterocycles. The van der Waals surface area contributed by atoms with E-state index in [1.807, 2.05) is 24.3 Å². The lowest BCUT2D eigenvalue weighted by Gasteiger charge is -2.28. The van der Waals surface area contributed by atoms with Crippen molar-refractivity contribution in [2.75, 3.05) is 45.8 Å². The maximum atomic E-state index is 12.6. The molecule has 3 rings (SSSR count). The average Bonchev–Trinajstić information content (AvgIpc) is 3.17. The fraction of sp³-hybridized carbons (Fsp3) is 0.579. The summed E-state index contributed by atoms with van der Waals surface area (Å²) in [6, 6.07) is 7.30. The standard InChI is InChI=1S/C19H28BrN5O2/c20-16-4-1-3-15(13-16)14-23-19(27)25-9-2-5-17(25)18(26)22-8-12-24-10-6-21-7-11-24/h1,3-4,13,17,21H,2,5-12,14H2,(H,22,26)(H,23,27)/t17-/m0/s1. The van der Waals surface area contributed by atoms with Crippen LogP contribution in [0.4, 0.5) is 4.79 Å². The molecule has 27 heavy (non-hydrogen) atoms. The number of amides is 3. The first-order valence-corrected chi connectivity index (χ1v) is 10.4. The molecule has 0 saturated carbocycles. The lowest BCUT2D eigenvalue weighted by atomic mass is 10.2. The van der Waals surface area contributed by atoms with Gasteiger partial charge >= 0.3 is 6.03 Å². The number of carbonyl (C=O) groups excluding carboxylic acids is 2. The molecule has 1 atom stereocenters. The molecule has 0 bridgehead atoms. The van der Waals surface area contributed by atoms with Gasteiger partial charge in [-0.05, 0) is 30.5 Å². The molecule has 1 aromatic rings. The van der Waals surface area contributed by atoms with Crippen LogP contribution in [0.1, 0.15) is 18.4 Å². The highest BCUT2D eigenvalue weighted by Gasteiger charge is 2.33. The predicted molar refractivity (Wildman–Crippen MR) is 108 cm³/mol. The van der Waals surface area contributed by atoms with Crippen molar-refractivity contribution < 1.29 is 9.59 Å². The van der Waals surface area contributed by atoms with Crippen LogP contribution in [0.5, 0.6) is 0 Å². The number of nitrogens with one attached hydrogen (secondary N) is 3. The molecule has 0 aliphatic carbocycles. The fourth-order valence-corrected chi connectivity index (χ4v) is 4.04. The maximum Gasteiger partial charge on any atom is 0.318 e. The van der Waals surface area contributed by atoms with E-state index < -0.39 is 0 Å². The number of nitrogens with zero attached hydrogens (tertiary/aromatic N) is 2. The lowest BCUT2D eigenvalue weighted by Crippen LogP contribution is -2.51. The van der Waals surface area contributed by atoms with Crippen LogP contribution in [0.2, 0.25) is 0 Å². The summed E-state index contributed by atoms with van der Waals surface area (Å²) >= 11 is 3.43. The average molecular weight is 438 g/mol. The van der Waals surface area contributed by atoms with Gasteiger partial charge in [0.05, 0.1) is 0 Å². The van der Waals surface area contributed by atoms with Gasteiger partial charge in [-0.1, -0.05) is 28.1 Å². The summed E-state index contributed by atoms with van der Waals surface area (Å²) in [5.74, 6) is -0.0414. The van der Waals surface area contributed by atoms with E-state index in [-0.39, 0.29) is 18.0 Å². The van der Waals surface area contributed by atoms with Crippen LogP contribution in [0.25, 0.3) is 0 Å². The third-order valence-corrected chi connectivity index (χ3v) is 5.58. The molecule has 2 aliphatic heterocycles. The van der Waals surface area contributed by atoms with Gasteiger partial charge in [0.15, 0.2) is 0 Å². The van der Waals surface area contributed by atoms with Crippen LogP contribution in [0, 0.1) is 0 Å². The van der Waals surface area contributed by atoms with Gasteiger partial charge in [-0.25, -0.2) is 4.79 Å². The van der Waals surface area contributed by atoms with Crippen molar-refractivity contribution in [1.82, 2.24) is 25.8 Å². The Labute approximate surface area is 169 Å². The monoisotopic (exact) mass is 437 g/mol. The smallest absolute Gasteiger partial charge is 0.318 e. The van der Waals surface area contributed by atoms with Gasteiger partial charge < -0.3 is 20.9 Å². The Morgan fingerprint density at radius 1 is 1.19 bits per heavy atom. The summed E-state index contributed by atoms with van der Waals surface area (Å²) in [5.41, 5.74) is 1.02. The normalized spacial score (nSPS) is 20.5. The highest BCUT2D eigenvalue weighted by molar-refractivity contribution is 9.10. The Kier molecular flexibility index (Phi) is 7.49. The van der Waals surface area contributed by atoms with E-state index in [2.05, 4.69) is 36.8 Å². The number of likely N-dealkylation sites (tertiary alicyclic amines) is 1. The number of piperazine rings is 1. The van der Waals surface area contributed by atoms with Crippen LogP contribution >= 0.6 is 15.9 Å². The summed E-state index contributed by atoms with van der Waals surface area (Å²) in [6.45, 7) is 6.60. The Morgan fingerprint density at radius 2 is 2.00 bits per heavy atom. The molecule has 148 valence electrons. The van der Waals surface area contributed by atoms with E-state index in [1.54, 1.807) is 4.90 Å². The Morgan fingerprint density at radius 3 is 2.78 bits per heavy atom. The number of rotatable bonds is 6. The topological polar surface area (TPSA) is 76.7 Å². The van der Waals surface area contributed by atoms with E-state index in [0.29, 0.717) is 19.6 Å². The summed E-state index contributed by atoms with van der Waals surface area (Å²) < 4.78 is 0.983. The van der Waals surface area contributed by atoms with Gasteiger partial charge in [0.25, 0.3) is 0 Å². The molecule has 8 heteroatoms. The molecule has 0 radical (unpaired) electrons. The minimum atomic E-state index is -0.365. The van der Waals surface area contributed by atoms with Gasteiger partial charge in [-0.2, -0.15) is 0 Å². The first-order valence-electron chi connectivity index (χ1n) is 9.63. The molecular weight excluding hydrogens is 410 g/mol. The van der Waals surface area contributed by atoms with Crippen molar-refractivity contribution in [1.29, 1.82) is 0 Å². The summed E-state index contributed by atoms with van der Waals surface area (Å²) in [5, 5.41) is 9.26. The van der Waals surface area contributed by atoms with Crippen LogP contribution in [-0.4, -0.2) is 73.6 Å². The molecule has 0 unspecified atom stereocenters. The molecule has 2 fully saturated rings. The zero-order chi connectivity index (χ0) is 19.1. The maximum absolute atomic E-state index is 12.6. The van der Waals surface area contributed by atoms with E-state index >= 15 is 0 Å². The van der Waals surface area contributed by atoms with Gasteiger partial charge in [0.2, 0.25) is 5.91 Å². The van der Waals surface area contributed by atoms with Crippen molar-refractivity contribution in [3.63, 3.8) is 0 Å². The molecule has 0 spiro atoms. The molecule has 3 amide bonds. The van der Waals surface area contributed by atoms with Crippen LogP contribution < -0.4 is 16.0 Å². The SMILES string of the molecule is O=C(NCCN1CCNCC1)[C@@H]1CCCN1C(=O)NCc1cccc(Br)c1. The van der Waals surface area contributed by atoms with E-state index in [1.165, 1.54) is 0 Å². The van der Waals surface area contributed by atoms with E-state index in [4.69, 9.17) is 0 Å². The molecule has 7 nitrogen and oxygen atoms in total. The number of benzene rings is 1. The van der Waals surface area contributed by atoms with Crippen molar-refractivity contribution >= 4 is 27.9 Å². The van der Waals surface area contributed by atoms with Crippen LogP contribution in [0.3, 0.4) is 0 Å². The first kappa shape index (κ1) is 20.1. The fourth-order valence-electron chi connectivity index (χ4n) is 3.60. The Bertz CT molecular complexity index is 651. The predicted octanol–water partition coefficient (Wildman–Crippen LogP) is 1.14. The van der Waals surface area contributed by atoms with Crippen molar-refractivity contribution in [3.05, 3.63) is 34.3 Å². The molecule has 0 aromatic heterocycles. The van der Waals surface area contributed by atoms with Gasteiger partial charge in [-0.3, -0.25) is 9.69 Å². The third-order valence-electron chi connectivity index (χ3n) is 5.09. The molecular formula is C19H28BrN5O2. The van der Waals surface area contributed by atoms with Crippen molar-refractivity contribution in [2.24, 2.45) is 0 Å². The summed E-state index contributed by atoms with van der Waals surface area (Å²) in [6.07, 6.45) is 1.59. The molecule has 1 aromatic carbocycles. The van der Waals surface area contributed by atoms with Crippen molar-refractivity contribution in [2.45, 2.75) is 25.4 Å². The molecule has 2 aliphatic rings. The minimum Gasteiger partial charge on any atom is -0.353 e. The second-order valence-electron chi connectivity index (χ2n) is 7.02. The van der Waals surface area contributed by atoms with E-state index in [0.717, 1.165) is 55.6 Å². The number of halogens is 1. The quantitative estimate of drug-likeness (QED) is 0.623. The second kappa shape index (κ2) is 10.1. The Hall–Kier alpha value is -1.64. The summed E-state index contributed by atoms with van der Waals surface area (Å²) in [7, 11) is 0. The van der Waals surface area contributed by atoms with Crippen LogP contribution in [-0.2, 0) is 11.3 Å². The zero-order valence-electron chi connectivity index (χ0n) is 15.5. The zero-order valence-corrected chi connectivity index (χ0v) is 17.1. The van der Waals surface area contributed by atoms with Gasteiger partial charge in [-0.15, -0.1) is 0 Å². The number of hydrogen-bond donors (Lipinski definition) is 3. The number of hydrogen-bond acceptors (Lipinski definition) is 4. The van der Waals surface area contributed by atoms with Gasteiger partial charge in [0.1, 0.15) is 6.04 Å². The van der Waals surface area contributed by atoms with Crippen molar-refractivity contribution in [3.8, 4) is 0 Å². The highest BCUT2D eigenvalue weighted by Crippen LogP contribution is 2.18. The van der Waals surface area contributed by atoms with E-state index in [9.17, 15) is 9.59 Å². The number of carbonyl (C=O) groups is 2. The third kappa shape index (κ3) is 5.92. The largest absolute Gasteiger partial charge is 0.353 e. The van der Waals surface area contributed by atoms with Crippen LogP contribution in [0.15, 0.2) is 28.7 Å². The Balaban J connectivity index is 1.44. The first-order chi connectivity index (χ1) is 13.1. The highest BCUT2D eigenvalue weighted by atomic mass is 79.9.